The zero-order valence-electron chi connectivity index (χ0n) is 19.8. The molecule has 0 spiro atoms. The highest BCUT2D eigenvalue weighted by molar-refractivity contribution is 6.08. The van der Waals surface area contributed by atoms with Gasteiger partial charge in [-0.1, -0.05) is 6.07 Å². The molecule has 0 bridgehead atoms. The summed E-state index contributed by atoms with van der Waals surface area (Å²) in [5.74, 6) is -3.47. The number of nitrogens with two attached hydrogens (primary N) is 1. The van der Waals surface area contributed by atoms with Crippen molar-refractivity contribution in [3.63, 3.8) is 0 Å². The van der Waals surface area contributed by atoms with Crippen LogP contribution in [0.1, 0.15) is 34.5 Å². The molecule has 1 unspecified atom stereocenters. The van der Waals surface area contributed by atoms with Crippen molar-refractivity contribution in [2.24, 2.45) is 10.7 Å². The number of benzene rings is 3. The van der Waals surface area contributed by atoms with Gasteiger partial charge in [-0.05, 0) is 55.5 Å². The lowest BCUT2D eigenvalue weighted by atomic mass is 10.0. The molecular formula is C26H25F2N3O6. The van der Waals surface area contributed by atoms with E-state index in [0.29, 0.717) is 11.3 Å². The number of carboxylic acid groups (broad SMARTS) is 1. The Labute approximate surface area is 211 Å². The van der Waals surface area contributed by atoms with Crippen molar-refractivity contribution >= 4 is 23.4 Å². The van der Waals surface area contributed by atoms with Crippen molar-refractivity contribution in [1.82, 2.24) is 0 Å². The number of hydrogen-bond acceptors (Lipinski definition) is 6. The molecule has 194 valence electrons. The summed E-state index contributed by atoms with van der Waals surface area (Å²) >= 11 is 0. The molecule has 0 heterocycles. The number of aliphatic carboxylic acids is 1. The van der Waals surface area contributed by atoms with Crippen molar-refractivity contribution in [3.8, 4) is 11.5 Å². The minimum absolute atomic E-state index is 0.0340. The first-order chi connectivity index (χ1) is 17.7. The number of nitrogens with zero attached hydrogens (tertiary/aromatic N) is 1. The smallest absolute Gasteiger partial charge is 0.330 e. The fourth-order valence-electron chi connectivity index (χ4n) is 3.35. The van der Waals surface area contributed by atoms with Crippen LogP contribution in [0.25, 0.3) is 0 Å². The second-order valence-corrected chi connectivity index (χ2v) is 7.63. The Balaban J connectivity index is 1.82. The quantitative estimate of drug-likeness (QED) is 0.225. The second kappa shape index (κ2) is 12.5. The van der Waals surface area contributed by atoms with E-state index in [9.17, 15) is 23.5 Å². The summed E-state index contributed by atoms with van der Waals surface area (Å²) in [6.45, 7) is 1.54. The maximum atomic E-state index is 14.9. The highest BCUT2D eigenvalue weighted by Gasteiger charge is 2.26. The van der Waals surface area contributed by atoms with Crippen molar-refractivity contribution < 1.29 is 38.1 Å². The van der Waals surface area contributed by atoms with Crippen LogP contribution >= 0.6 is 0 Å². The first-order valence-corrected chi connectivity index (χ1v) is 11.2. The number of halogens is 2. The maximum absolute atomic E-state index is 14.9. The molecule has 5 N–H and O–H groups in total. The van der Waals surface area contributed by atoms with E-state index in [1.54, 1.807) is 6.92 Å². The predicted octanol–water partition coefficient (Wildman–Crippen LogP) is 3.52. The minimum atomic E-state index is -1.49. The SMILES string of the molecule is CCOc1cc(C(Nc2ccc(C(N)=NC(=O)c3cccc(F)c3)cc2)C(=O)O)c(F)cc1OCCO. The first kappa shape index (κ1) is 27.1. The zero-order valence-corrected chi connectivity index (χ0v) is 19.8. The van der Waals surface area contributed by atoms with E-state index >= 15 is 0 Å². The molecule has 0 aliphatic heterocycles. The third kappa shape index (κ3) is 7.01. The van der Waals surface area contributed by atoms with Gasteiger partial charge in [-0.3, -0.25) is 4.79 Å². The van der Waals surface area contributed by atoms with E-state index in [4.69, 9.17) is 20.3 Å². The van der Waals surface area contributed by atoms with E-state index < -0.39 is 29.6 Å². The summed E-state index contributed by atoms with van der Waals surface area (Å²) < 4.78 is 39.0. The molecule has 0 fully saturated rings. The molecule has 1 atom stereocenters. The molecule has 0 radical (unpaired) electrons. The van der Waals surface area contributed by atoms with Gasteiger partial charge >= 0.3 is 5.97 Å². The number of nitrogens with one attached hydrogen (secondary N) is 1. The molecule has 3 aromatic carbocycles. The van der Waals surface area contributed by atoms with Crippen LogP contribution in [0.2, 0.25) is 0 Å². The Bertz CT molecular complexity index is 1300. The Morgan fingerprint density at radius 1 is 1.03 bits per heavy atom. The number of carbonyl (C=O) groups is 2. The standard InChI is InChI=1S/C26H25F2N3O6/c1-2-36-21-13-19(20(28)14-22(21)37-11-10-32)23(26(34)35)30-18-8-6-15(7-9-18)24(29)31-25(33)16-4-3-5-17(27)12-16/h3-9,12-14,23,30,32H,2,10-11H2,1H3,(H,34,35)(H2,29,31,33). The van der Waals surface area contributed by atoms with E-state index in [0.717, 1.165) is 12.1 Å². The lowest BCUT2D eigenvalue weighted by molar-refractivity contribution is -0.138. The van der Waals surface area contributed by atoms with E-state index in [-0.39, 0.29) is 48.3 Å². The topological polar surface area (TPSA) is 143 Å². The highest BCUT2D eigenvalue weighted by Crippen LogP contribution is 2.34. The van der Waals surface area contributed by atoms with Gasteiger partial charge in [-0.25, -0.2) is 13.6 Å². The van der Waals surface area contributed by atoms with Crippen molar-refractivity contribution in [2.45, 2.75) is 13.0 Å². The van der Waals surface area contributed by atoms with Gasteiger partial charge in [0.05, 0.1) is 13.2 Å². The molecule has 0 aromatic heterocycles. The van der Waals surface area contributed by atoms with Gasteiger partial charge in [0.2, 0.25) is 0 Å². The van der Waals surface area contributed by atoms with Crippen LogP contribution in [0.4, 0.5) is 14.5 Å². The van der Waals surface area contributed by atoms with E-state index in [2.05, 4.69) is 10.3 Å². The summed E-state index contributed by atoms with van der Waals surface area (Å²) in [5, 5.41) is 21.5. The third-order valence-corrected chi connectivity index (χ3v) is 5.05. The summed E-state index contributed by atoms with van der Waals surface area (Å²) in [5.41, 5.74) is 6.42. The number of ether oxygens (including phenoxy) is 2. The second-order valence-electron chi connectivity index (χ2n) is 7.63. The van der Waals surface area contributed by atoms with Gasteiger partial charge in [-0.15, -0.1) is 0 Å². The molecule has 0 saturated heterocycles. The molecule has 0 aliphatic rings. The van der Waals surface area contributed by atoms with Crippen LogP contribution in [0.15, 0.2) is 65.7 Å². The summed E-state index contributed by atoms with van der Waals surface area (Å²) in [6, 6.07) is 11.7. The van der Waals surface area contributed by atoms with Crippen LogP contribution < -0.4 is 20.5 Å². The molecule has 9 nitrogen and oxygen atoms in total. The molecule has 3 rings (SSSR count). The van der Waals surface area contributed by atoms with Gasteiger partial charge in [0.25, 0.3) is 5.91 Å². The summed E-state index contributed by atoms with van der Waals surface area (Å²) in [6.07, 6.45) is 0. The number of carbonyl (C=O) groups excluding carboxylic acids is 1. The third-order valence-electron chi connectivity index (χ3n) is 5.05. The summed E-state index contributed by atoms with van der Waals surface area (Å²) in [7, 11) is 0. The number of anilines is 1. The first-order valence-electron chi connectivity index (χ1n) is 11.2. The van der Waals surface area contributed by atoms with Gasteiger partial charge in [0.15, 0.2) is 17.5 Å². The predicted molar refractivity (Wildman–Crippen MR) is 132 cm³/mol. The van der Waals surface area contributed by atoms with E-state index in [1.807, 2.05) is 0 Å². The zero-order chi connectivity index (χ0) is 26.9. The van der Waals surface area contributed by atoms with Crippen LogP contribution in [0, 0.1) is 11.6 Å². The Morgan fingerprint density at radius 2 is 1.73 bits per heavy atom. The van der Waals surface area contributed by atoms with Crippen molar-refractivity contribution in [3.05, 3.63) is 89.0 Å². The molecule has 37 heavy (non-hydrogen) atoms. The van der Waals surface area contributed by atoms with Crippen LogP contribution in [0.5, 0.6) is 11.5 Å². The molecule has 11 heteroatoms. The van der Waals surface area contributed by atoms with Crippen LogP contribution in [0.3, 0.4) is 0 Å². The van der Waals surface area contributed by atoms with Crippen LogP contribution in [-0.2, 0) is 4.79 Å². The Hall–Kier alpha value is -4.51. The summed E-state index contributed by atoms with van der Waals surface area (Å²) in [4.78, 5) is 28.0. The number of aliphatic hydroxyl groups is 1. The minimum Gasteiger partial charge on any atom is -0.490 e. The average Bonchev–Trinajstić information content (AvgIpc) is 2.87. The van der Waals surface area contributed by atoms with E-state index in [1.165, 1.54) is 48.5 Å². The fraction of sp³-hybridized carbons (Fsp3) is 0.192. The Morgan fingerprint density at radius 3 is 2.35 bits per heavy atom. The number of amides is 1. The number of aliphatic imine (C=N–C) groups is 1. The fourth-order valence-corrected chi connectivity index (χ4v) is 3.35. The molecule has 3 aromatic rings. The van der Waals surface area contributed by atoms with Crippen molar-refractivity contribution in [2.75, 3.05) is 25.1 Å². The molecule has 0 saturated carbocycles. The van der Waals surface area contributed by atoms with Crippen LogP contribution in [-0.4, -0.2) is 47.7 Å². The van der Waals surface area contributed by atoms with Crippen molar-refractivity contribution in [1.29, 1.82) is 0 Å². The maximum Gasteiger partial charge on any atom is 0.330 e. The number of hydrogen-bond donors (Lipinski definition) is 4. The number of rotatable bonds is 11. The lowest BCUT2D eigenvalue weighted by Crippen LogP contribution is -2.22. The molecule has 1 amide bonds. The Kier molecular flexibility index (Phi) is 9.11. The molecular weight excluding hydrogens is 488 g/mol. The largest absolute Gasteiger partial charge is 0.490 e. The van der Waals surface area contributed by atoms with Gasteiger partial charge in [0, 0.05) is 28.4 Å². The van der Waals surface area contributed by atoms with Gasteiger partial charge in [-0.2, -0.15) is 4.99 Å². The number of amidine groups is 1. The highest BCUT2D eigenvalue weighted by atomic mass is 19.1. The monoisotopic (exact) mass is 513 g/mol. The van der Waals surface area contributed by atoms with Gasteiger partial charge < -0.3 is 30.7 Å². The number of aliphatic hydroxyl groups excluding tert-OH is 1. The number of carboxylic acids is 1. The lowest BCUT2D eigenvalue weighted by Gasteiger charge is -2.20. The normalized spacial score (nSPS) is 12.1. The van der Waals surface area contributed by atoms with Gasteiger partial charge in [0.1, 0.15) is 24.1 Å². The average molecular weight is 513 g/mol. The molecule has 0 aliphatic carbocycles.